The molecule has 3 aromatic rings. The van der Waals surface area contributed by atoms with Crippen LogP contribution in [0.25, 0.3) is 5.69 Å². The smallest absolute Gasteiger partial charge is 0.259 e. The molecule has 4 nitrogen and oxygen atoms in total. The van der Waals surface area contributed by atoms with E-state index >= 15 is 0 Å². The highest BCUT2D eigenvalue weighted by Gasteiger charge is 2.17. The molecule has 0 aliphatic heterocycles. The minimum Gasteiger partial charge on any atom is -0.322 e. The summed E-state index contributed by atoms with van der Waals surface area (Å²) in [5.41, 5.74) is 1.38. The van der Waals surface area contributed by atoms with Gasteiger partial charge in [-0.3, -0.25) is 4.79 Å². The quantitative estimate of drug-likeness (QED) is 0.801. The first-order chi connectivity index (χ1) is 11.1. The zero-order chi connectivity index (χ0) is 16.4. The Bertz CT molecular complexity index is 874. The molecule has 116 valence electrons. The molecule has 1 N–H and O–H groups in total. The molecule has 0 fully saturated rings. The minimum atomic E-state index is -0.443. The number of rotatable bonds is 3. The fourth-order valence-corrected chi connectivity index (χ4v) is 2.26. The maximum absolute atomic E-state index is 13.9. The van der Waals surface area contributed by atoms with Crippen molar-refractivity contribution >= 4 is 11.6 Å². The van der Waals surface area contributed by atoms with Gasteiger partial charge in [0.1, 0.15) is 17.3 Å². The number of anilines is 1. The molecule has 0 atom stereocenters. The number of nitrogens with one attached hydrogen (secondary N) is 1. The number of carbonyl (C=O) groups excluding carboxylic acids is 1. The largest absolute Gasteiger partial charge is 0.322 e. The Labute approximate surface area is 131 Å². The highest BCUT2D eigenvalue weighted by molar-refractivity contribution is 6.04. The lowest BCUT2D eigenvalue weighted by molar-refractivity contribution is 0.102. The fourth-order valence-electron chi connectivity index (χ4n) is 2.26. The standard InChI is InChI=1S/C17H13F2N3O/c1-11-14(17(23)21-13-6-4-5-12(18)9-13)10-20-22(11)16-8-3-2-7-15(16)19/h2-10H,1H3,(H,21,23). The molecule has 23 heavy (non-hydrogen) atoms. The second kappa shape index (κ2) is 6.00. The number of nitrogens with zero attached hydrogens (tertiary/aromatic N) is 2. The number of aromatic nitrogens is 2. The first kappa shape index (κ1) is 14.9. The first-order valence-electron chi connectivity index (χ1n) is 6.92. The lowest BCUT2D eigenvalue weighted by atomic mass is 10.2. The molecule has 0 bridgehead atoms. The fraction of sp³-hybridized carbons (Fsp3) is 0.0588. The molecular weight excluding hydrogens is 300 g/mol. The summed E-state index contributed by atoms with van der Waals surface area (Å²) < 4.78 is 28.4. The maximum Gasteiger partial charge on any atom is 0.259 e. The Balaban J connectivity index is 1.90. The van der Waals surface area contributed by atoms with E-state index in [4.69, 9.17) is 0 Å². The lowest BCUT2D eigenvalue weighted by Gasteiger charge is -2.07. The van der Waals surface area contributed by atoms with Gasteiger partial charge in [-0.1, -0.05) is 18.2 Å². The van der Waals surface area contributed by atoms with Crippen molar-refractivity contribution in [2.24, 2.45) is 0 Å². The lowest BCUT2D eigenvalue weighted by Crippen LogP contribution is -2.13. The molecule has 1 amide bonds. The van der Waals surface area contributed by atoms with E-state index in [1.165, 1.54) is 35.1 Å². The van der Waals surface area contributed by atoms with Crippen LogP contribution in [0.15, 0.2) is 54.7 Å². The van der Waals surface area contributed by atoms with Crippen molar-refractivity contribution in [3.05, 3.63) is 77.6 Å². The van der Waals surface area contributed by atoms with Crippen LogP contribution in [0.3, 0.4) is 0 Å². The molecule has 6 heteroatoms. The third-order valence-electron chi connectivity index (χ3n) is 3.42. The van der Waals surface area contributed by atoms with Crippen LogP contribution in [0.4, 0.5) is 14.5 Å². The zero-order valence-corrected chi connectivity index (χ0v) is 12.3. The Morgan fingerprint density at radius 1 is 1.13 bits per heavy atom. The second-order valence-electron chi connectivity index (χ2n) is 4.97. The van der Waals surface area contributed by atoms with Crippen LogP contribution >= 0.6 is 0 Å². The van der Waals surface area contributed by atoms with Crippen molar-refractivity contribution in [3.63, 3.8) is 0 Å². The Kier molecular flexibility index (Phi) is 3.89. The van der Waals surface area contributed by atoms with Gasteiger partial charge >= 0.3 is 0 Å². The Morgan fingerprint density at radius 2 is 1.91 bits per heavy atom. The van der Waals surface area contributed by atoms with Crippen LogP contribution in [0.2, 0.25) is 0 Å². The molecule has 0 aliphatic rings. The van der Waals surface area contributed by atoms with E-state index in [-0.39, 0.29) is 11.3 Å². The van der Waals surface area contributed by atoms with Gasteiger partial charge in [0.25, 0.3) is 5.91 Å². The summed E-state index contributed by atoms with van der Waals surface area (Å²) in [6.45, 7) is 1.67. The van der Waals surface area contributed by atoms with E-state index in [0.29, 0.717) is 11.4 Å². The number of hydrogen-bond acceptors (Lipinski definition) is 2. The number of hydrogen-bond donors (Lipinski definition) is 1. The number of halogens is 2. The normalized spacial score (nSPS) is 10.6. The molecule has 0 aliphatic carbocycles. The van der Waals surface area contributed by atoms with Gasteiger partial charge in [0.2, 0.25) is 0 Å². The van der Waals surface area contributed by atoms with Crippen molar-refractivity contribution in [2.45, 2.75) is 6.92 Å². The number of benzene rings is 2. The Morgan fingerprint density at radius 3 is 2.65 bits per heavy atom. The van der Waals surface area contributed by atoms with Crippen molar-refractivity contribution in [2.75, 3.05) is 5.32 Å². The van der Waals surface area contributed by atoms with Crippen molar-refractivity contribution in [3.8, 4) is 5.69 Å². The van der Waals surface area contributed by atoms with Crippen LogP contribution in [0, 0.1) is 18.6 Å². The topological polar surface area (TPSA) is 46.9 Å². The van der Waals surface area contributed by atoms with E-state index in [9.17, 15) is 13.6 Å². The predicted octanol–water partition coefficient (Wildman–Crippen LogP) is 3.71. The average Bonchev–Trinajstić information content (AvgIpc) is 2.89. The van der Waals surface area contributed by atoms with Crippen LogP contribution < -0.4 is 5.32 Å². The van der Waals surface area contributed by atoms with Crippen LogP contribution in [0.5, 0.6) is 0 Å². The summed E-state index contributed by atoms with van der Waals surface area (Å²) in [4.78, 5) is 12.3. The van der Waals surface area contributed by atoms with E-state index in [1.54, 1.807) is 31.2 Å². The summed E-state index contributed by atoms with van der Waals surface area (Å²) in [7, 11) is 0. The SMILES string of the molecule is Cc1c(C(=O)Nc2cccc(F)c2)cnn1-c1ccccc1F. The molecule has 2 aromatic carbocycles. The Hall–Kier alpha value is -3.02. The number of carbonyl (C=O) groups is 1. The highest BCUT2D eigenvalue weighted by atomic mass is 19.1. The summed E-state index contributed by atoms with van der Waals surface area (Å²) in [5.74, 6) is -1.31. The molecule has 1 heterocycles. The van der Waals surface area contributed by atoms with Crippen molar-refractivity contribution in [1.29, 1.82) is 0 Å². The van der Waals surface area contributed by atoms with Gasteiger partial charge in [0.15, 0.2) is 0 Å². The summed E-state index contributed by atoms with van der Waals surface area (Å²) >= 11 is 0. The first-order valence-corrected chi connectivity index (χ1v) is 6.92. The number of para-hydroxylation sites is 1. The third-order valence-corrected chi connectivity index (χ3v) is 3.42. The average molecular weight is 313 g/mol. The van der Waals surface area contributed by atoms with Crippen molar-refractivity contribution < 1.29 is 13.6 Å². The molecule has 0 spiro atoms. The maximum atomic E-state index is 13.9. The van der Waals surface area contributed by atoms with Gasteiger partial charge in [-0.15, -0.1) is 0 Å². The third kappa shape index (κ3) is 2.96. The van der Waals surface area contributed by atoms with Gasteiger partial charge in [0, 0.05) is 5.69 Å². The van der Waals surface area contributed by atoms with Gasteiger partial charge < -0.3 is 5.32 Å². The van der Waals surface area contributed by atoms with Crippen molar-refractivity contribution in [1.82, 2.24) is 9.78 Å². The molecule has 0 saturated carbocycles. The van der Waals surface area contributed by atoms with Gasteiger partial charge in [-0.25, -0.2) is 13.5 Å². The summed E-state index contributed by atoms with van der Waals surface area (Å²) in [5, 5.41) is 6.66. The molecule has 0 unspecified atom stereocenters. The second-order valence-corrected chi connectivity index (χ2v) is 4.97. The monoisotopic (exact) mass is 313 g/mol. The zero-order valence-electron chi connectivity index (χ0n) is 12.3. The van der Waals surface area contributed by atoms with E-state index < -0.39 is 17.5 Å². The molecule has 0 saturated heterocycles. The highest BCUT2D eigenvalue weighted by Crippen LogP contribution is 2.18. The van der Waals surface area contributed by atoms with E-state index in [2.05, 4.69) is 10.4 Å². The van der Waals surface area contributed by atoms with Crippen LogP contribution in [-0.4, -0.2) is 15.7 Å². The van der Waals surface area contributed by atoms with E-state index in [1.807, 2.05) is 0 Å². The van der Waals surface area contributed by atoms with E-state index in [0.717, 1.165) is 0 Å². The summed E-state index contributed by atoms with van der Waals surface area (Å²) in [6, 6.07) is 11.7. The minimum absolute atomic E-state index is 0.259. The number of amides is 1. The summed E-state index contributed by atoms with van der Waals surface area (Å²) in [6.07, 6.45) is 1.36. The van der Waals surface area contributed by atoms with Crippen LogP contribution in [0.1, 0.15) is 16.1 Å². The molecule has 0 radical (unpaired) electrons. The molecular formula is C17H13F2N3O. The van der Waals surface area contributed by atoms with Gasteiger partial charge in [-0.2, -0.15) is 5.10 Å². The predicted molar refractivity (Wildman–Crippen MR) is 82.6 cm³/mol. The molecule has 1 aromatic heterocycles. The van der Waals surface area contributed by atoms with Gasteiger partial charge in [-0.05, 0) is 37.3 Å². The molecule has 3 rings (SSSR count). The van der Waals surface area contributed by atoms with Gasteiger partial charge in [0.05, 0.1) is 17.5 Å². The van der Waals surface area contributed by atoms with Crippen LogP contribution in [-0.2, 0) is 0 Å².